The first-order valence-corrected chi connectivity index (χ1v) is 6.51. The summed E-state index contributed by atoms with van der Waals surface area (Å²) in [5, 5.41) is 0. The molecule has 3 nitrogen and oxygen atoms in total. The number of hydrogen-bond acceptors (Lipinski definition) is 3. The van der Waals surface area contributed by atoms with Gasteiger partial charge < -0.3 is 9.64 Å². The molecule has 0 radical (unpaired) electrons. The SMILES string of the molecule is COC(=O)c1cc(Br)c2c(c1)CCN2C(C)C. The number of rotatable bonds is 2. The van der Waals surface area contributed by atoms with Crippen molar-refractivity contribution in [1.29, 1.82) is 0 Å². The third-order valence-corrected chi connectivity index (χ3v) is 3.70. The summed E-state index contributed by atoms with van der Waals surface area (Å²) in [7, 11) is 1.41. The van der Waals surface area contributed by atoms with Gasteiger partial charge in [0.1, 0.15) is 0 Å². The van der Waals surface area contributed by atoms with Gasteiger partial charge in [0.2, 0.25) is 0 Å². The van der Waals surface area contributed by atoms with E-state index >= 15 is 0 Å². The van der Waals surface area contributed by atoms with Gasteiger partial charge in [0, 0.05) is 17.1 Å². The van der Waals surface area contributed by atoms with Crippen LogP contribution in [0.25, 0.3) is 0 Å². The highest BCUT2D eigenvalue weighted by atomic mass is 79.9. The first kappa shape index (κ1) is 12.4. The van der Waals surface area contributed by atoms with Gasteiger partial charge in [0.05, 0.1) is 18.4 Å². The lowest BCUT2D eigenvalue weighted by molar-refractivity contribution is 0.0600. The maximum Gasteiger partial charge on any atom is 0.337 e. The van der Waals surface area contributed by atoms with Crippen molar-refractivity contribution in [1.82, 2.24) is 0 Å². The number of hydrogen-bond donors (Lipinski definition) is 0. The molecule has 0 bridgehead atoms. The summed E-state index contributed by atoms with van der Waals surface area (Å²) in [4.78, 5) is 13.9. The van der Waals surface area contributed by atoms with Crippen LogP contribution in [0.1, 0.15) is 29.8 Å². The van der Waals surface area contributed by atoms with Crippen molar-refractivity contribution in [3.63, 3.8) is 0 Å². The van der Waals surface area contributed by atoms with E-state index in [-0.39, 0.29) is 5.97 Å². The number of fused-ring (bicyclic) bond motifs is 1. The van der Waals surface area contributed by atoms with Gasteiger partial charge >= 0.3 is 5.97 Å². The molecule has 1 aliphatic heterocycles. The number of esters is 1. The molecule has 1 aliphatic rings. The first-order chi connectivity index (χ1) is 8.04. The predicted octanol–water partition coefficient (Wildman–Crippen LogP) is 3.01. The van der Waals surface area contributed by atoms with Gasteiger partial charge in [-0.05, 0) is 53.9 Å². The molecule has 17 heavy (non-hydrogen) atoms. The summed E-state index contributed by atoms with van der Waals surface area (Å²) in [5.41, 5.74) is 3.05. The molecule has 0 saturated heterocycles. The van der Waals surface area contributed by atoms with Crippen LogP contribution in [0, 0.1) is 0 Å². The van der Waals surface area contributed by atoms with E-state index in [1.807, 2.05) is 12.1 Å². The van der Waals surface area contributed by atoms with Gasteiger partial charge in [0.25, 0.3) is 0 Å². The van der Waals surface area contributed by atoms with E-state index in [0.29, 0.717) is 11.6 Å². The Morgan fingerprint density at radius 2 is 2.18 bits per heavy atom. The van der Waals surface area contributed by atoms with Crippen molar-refractivity contribution in [3.8, 4) is 0 Å². The number of nitrogens with zero attached hydrogens (tertiary/aromatic N) is 1. The number of carbonyl (C=O) groups is 1. The summed E-state index contributed by atoms with van der Waals surface area (Å²) in [6.45, 7) is 5.36. The van der Waals surface area contributed by atoms with Crippen LogP contribution in [0.15, 0.2) is 16.6 Å². The molecule has 0 saturated carbocycles. The second-order valence-electron chi connectivity index (χ2n) is 4.49. The van der Waals surface area contributed by atoms with Crippen molar-refractivity contribution < 1.29 is 9.53 Å². The fraction of sp³-hybridized carbons (Fsp3) is 0.462. The Kier molecular flexibility index (Phi) is 3.43. The van der Waals surface area contributed by atoms with Crippen molar-refractivity contribution in [2.75, 3.05) is 18.6 Å². The van der Waals surface area contributed by atoms with Gasteiger partial charge in [-0.2, -0.15) is 0 Å². The highest BCUT2D eigenvalue weighted by Gasteiger charge is 2.25. The third-order valence-electron chi connectivity index (χ3n) is 3.10. The van der Waals surface area contributed by atoms with Crippen LogP contribution in [-0.2, 0) is 11.2 Å². The molecule has 0 fully saturated rings. The number of ether oxygens (including phenoxy) is 1. The summed E-state index contributed by atoms with van der Waals surface area (Å²) in [5.74, 6) is -0.281. The average Bonchev–Trinajstić information content (AvgIpc) is 2.72. The molecule has 0 unspecified atom stereocenters. The van der Waals surface area contributed by atoms with E-state index in [1.54, 1.807) is 0 Å². The maximum atomic E-state index is 11.5. The number of halogens is 1. The van der Waals surface area contributed by atoms with Crippen molar-refractivity contribution in [2.24, 2.45) is 0 Å². The van der Waals surface area contributed by atoms with Gasteiger partial charge in [-0.3, -0.25) is 0 Å². The van der Waals surface area contributed by atoms with Crippen molar-refractivity contribution >= 4 is 27.6 Å². The van der Waals surface area contributed by atoms with Gasteiger partial charge in [-0.25, -0.2) is 4.79 Å². The second-order valence-corrected chi connectivity index (χ2v) is 5.35. The lowest BCUT2D eigenvalue weighted by atomic mass is 10.1. The van der Waals surface area contributed by atoms with Gasteiger partial charge in [0.15, 0.2) is 0 Å². The van der Waals surface area contributed by atoms with E-state index in [0.717, 1.165) is 17.4 Å². The van der Waals surface area contributed by atoms with E-state index in [4.69, 9.17) is 4.74 Å². The van der Waals surface area contributed by atoms with Crippen LogP contribution in [0.4, 0.5) is 5.69 Å². The molecule has 4 heteroatoms. The number of methoxy groups -OCH3 is 1. The molecule has 0 amide bonds. The predicted molar refractivity (Wildman–Crippen MR) is 71.7 cm³/mol. The number of carbonyl (C=O) groups excluding carboxylic acids is 1. The molecule has 0 aromatic heterocycles. The normalized spacial score (nSPS) is 14.1. The van der Waals surface area contributed by atoms with Crippen LogP contribution in [-0.4, -0.2) is 25.7 Å². The van der Waals surface area contributed by atoms with Gasteiger partial charge in [-0.1, -0.05) is 0 Å². The lowest BCUT2D eigenvalue weighted by Gasteiger charge is -2.25. The lowest BCUT2D eigenvalue weighted by Crippen LogP contribution is -2.28. The van der Waals surface area contributed by atoms with Crippen molar-refractivity contribution in [3.05, 3.63) is 27.7 Å². The zero-order valence-corrected chi connectivity index (χ0v) is 11.9. The Labute approximate surface area is 110 Å². The van der Waals surface area contributed by atoms with E-state index in [9.17, 15) is 4.79 Å². The van der Waals surface area contributed by atoms with E-state index < -0.39 is 0 Å². The zero-order chi connectivity index (χ0) is 12.6. The van der Waals surface area contributed by atoms with E-state index in [1.165, 1.54) is 18.4 Å². The molecule has 2 rings (SSSR count). The van der Waals surface area contributed by atoms with Crippen LogP contribution in [0.3, 0.4) is 0 Å². The zero-order valence-electron chi connectivity index (χ0n) is 10.3. The Morgan fingerprint density at radius 1 is 1.47 bits per heavy atom. The number of anilines is 1. The molecule has 1 heterocycles. The average molecular weight is 298 g/mol. The number of benzene rings is 1. The van der Waals surface area contributed by atoms with Crippen LogP contribution in [0.2, 0.25) is 0 Å². The van der Waals surface area contributed by atoms with Gasteiger partial charge in [-0.15, -0.1) is 0 Å². The van der Waals surface area contributed by atoms with E-state index in [2.05, 4.69) is 34.7 Å². The maximum absolute atomic E-state index is 11.5. The summed E-state index contributed by atoms with van der Waals surface area (Å²) >= 11 is 3.55. The molecule has 92 valence electrons. The molecular formula is C13H16BrNO2. The smallest absolute Gasteiger partial charge is 0.337 e. The van der Waals surface area contributed by atoms with Crippen molar-refractivity contribution in [2.45, 2.75) is 26.3 Å². The molecule has 1 aromatic rings. The minimum Gasteiger partial charge on any atom is -0.465 e. The monoisotopic (exact) mass is 297 g/mol. The van der Waals surface area contributed by atoms with Crippen LogP contribution < -0.4 is 4.90 Å². The Balaban J connectivity index is 2.45. The Morgan fingerprint density at radius 3 is 2.76 bits per heavy atom. The quantitative estimate of drug-likeness (QED) is 0.786. The fourth-order valence-corrected chi connectivity index (χ4v) is 3.00. The summed E-state index contributed by atoms with van der Waals surface area (Å²) < 4.78 is 5.73. The molecule has 0 atom stereocenters. The Bertz CT molecular complexity index is 457. The minimum atomic E-state index is -0.281. The minimum absolute atomic E-state index is 0.281. The highest BCUT2D eigenvalue weighted by molar-refractivity contribution is 9.10. The van der Waals surface area contributed by atoms with Crippen LogP contribution in [0.5, 0.6) is 0 Å². The Hall–Kier alpha value is -1.03. The summed E-state index contributed by atoms with van der Waals surface area (Å²) in [6, 6.07) is 4.25. The third kappa shape index (κ3) is 2.18. The largest absolute Gasteiger partial charge is 0.465 e. The molecule has 0 aliphatic carbocycles. The molecule has 0 spiro atoms. The fourth-order valence-electron chi connectivity index (χ4n) is 2.27. The molecule has 0 N–H and O–H groups in total. The highest BCUT2D eigenvalue weighted by Crippen LogP contribution is 2.37. The molecular weight excluding hydrogens is 282 g/mol. The summed E-state index contributed by atoms with van der Waals surface area (Å²) in [6.07, 6.45) is 0.983. The molecule has 1 aromatic carbocycles. The standard InChI is InChI=1S/C13H16BrNO2/c1-8(2)15-5-4-9-6-10(13(16)17-3)7-11(14)12(9)15/h6-8H,4-5H2,1-3H3. The second kappa shape index (κ2) is 4.69. The topological polar surface area (TPSA) is 29.5 Å². The van der Waals surface area contributed by atoms with Crippen LogP contribution >= 0.6 is 15.9 Å². The first-order valence-electron chi connectivity index (χ1n) is 5.72.